The Hall–Kier alpha value is -1.92. The Bertz CT molecular complexity index is 770. The first kappa shape index (κ1) is 24.7. The van der Waals surface area contributed by atoms with Crippen LogP contribution < -0.4 is 10.6 Å². The van der Waals surface area contributed by atoms with Crippen molar-refractivity contribution in [1.82, 2.24) is 10.6 Å². The molecule has 7 atom stereocenters. The molecule has 0 spiro atoms. The van der Waals surface area contributed by atoms with Gasteiger partial charge in [-0.05, 0) is 54.4 Å². The lowest BCUT2D eigenvalue weighted by Gasteiger charge is -2.56. The molecule has 3 rings (SSSR count). The molecule has 0 aliphatic heterocycles. The number of benzene rings is 1. The minimum absolute atomic E-state index is 0.00260. The van der Waals surface area contributed by atoms with Crippen LogP contribution in [0, 0.1) is 29.1 Å². The lowest BCUT2D eigenvalue weighted by molar-refractivity contribution is -0.144. The van der Waals surface area contributed by atoms with Gasteiger partial charge in [-0.15, -0.1) is 0 Å². The summed E-state index contributed by atoms with van der Waals surface area (Å²) in [6.45, 7) is 7.27. The number of hydrogen-bond acceptors (Lipinski definition) is 4. The average Bonchev–Trinajstić information content (AvgIpc) is 2.78. The van der Waals surface area contributed by atoms with Crippen molar-refractivity contribution in [1.29, 1.82) is 0 Å². The van der Waals surface area contributed by atoms with Crippen molar-refractivity contribution in [2.24, 2.45) is 29.1 Å². The minimum atomic E-state index is -0.556. The number of ether oxygens (including phenoxy) is 1. The summed E-state index contributed by atoms with van der Waals surface area (Å²) >= 11 is 0. The largest absolute Gasteiger partial charge is 0.392 e. The molecule has 178 valence electrons. The summed E-state index contributed by atoms with van der Waals surface area (Å²) in [5.74, 6) is -0.127. The maximum absolute atomic E-state index is 12.9. The van der Waals surface area contributed by atoms with Crippen LogP contribution in [0.5, 0.6) is 0 Å². The highest BCUT2D eigenvalue weighted by atomic mass is 16.5. The Kier molecular flexibility index (Phi) is 8.34. The van der Waals surface area contributed by atoms with Gasteiger partial charge in [0.2, 0.25) is 11.8 Å². The SMILES string of the molecule is COCCC(=O)N[C@H]1CC[C@@]2(C)CC[C@H]([C@H](C)C(=O)NCc3ccccc3)[C@H](O)[C@H]2[C@H]1C. The molecule has 0 unspecified atom stereocenters. The Morgan fingerprint density at radius 1 is 1.22 bits per heavy atom. The zero-order valence-electron chi connectivity index (χ0n) is 20.0. The summed E-state index contributed by atoms with van der Waals surface area (Å²) in [6, 6.07) is 9.93. The van der Waals surface area contributed by atoms with Gasteiger partial charge in [0, 0.05) is 32.0 Å². The van der Waals surface area contributed by atoms with Crippen molar-refractivity contribution in [3.63, 3.8) is 0 Å². The van der Waals surface area contributed by atoms with Crippen LogP contribution in [0.2, 0.25) is 0 Å². The van der Waals surface area contributed by atoms with E-state index in [-0.39, 0.29) is 46.9 Å². The molecule has 0 radical (unpaired) electrons. The first-order chi connectivity index (χ1) is 15.3. The van der Waals surface area contributed by atoms with E-state index in [0.717, 1.165) is 31.2 Å². The Balaban J connectivity index is 1.64. The van der Waals surface area contributed by atoms with Gasteiger partial charge in [0.15, 0.2) is 0 Å². The van der Waals surface area contributed by atoms with E-state index in [1.165, 1.54) is 0 Å². The summed E-state index contributed by atoms with van der Waals surface area (Å²) < 4.78 is 5.02. The molecule has 2 aliphatic carbocycles. The quantitative estimate of drug-likeness (QED) is 0.574. The number of amides is 2. The molecule has 6 nitrogen and oxygen atoms in total. The van der Waals surface area contributed by atoms with E-state index >= 15 is 0 Å². The number of carbonyl (C=O) groups excluding carboxylic acids is 2. The summed E-state index contributed by atoms with van der Waals surface area (Å²) in [5, 5.41) is 17.7. The molecule has 1 aromatic rings. The molecule has 2 saturated carbocycles. The molecule has 2 fully saturated rings. The van der Waals surface area contributed by atoms with Crippen molar-refractivity contribution in [3.05, 3.63) is 35.9 Å². The standard InChI is InChI=1S/C26H40N2O4/c1-17(25(31)27-16-19-8-6-5-7-9-19)20-10-13-26(3)14-11-21(18(2)23(26)24(20)30)28-22(29)12-15-32-4/h5-9,17-18,20-21,23-24,30H,10-16H2,1-4H3,(H,27,31)(H,28,29)/t17-,18-,20+,21-,23+,24-,26+/m0/s1. The molecule has 0 heterocycles. The van der Waals surface area contributed by atoms with Gasteiger partial charge in [-0.25, -0.2) is 0 Å². The predicted octanol–water partition coefficient (Wildman–Crippen LogP) is 3.28. The van der Waals surface area contributed by atoms with E-state index in [2.05, 4.69) is 24.5 Å². The van der Waals surface area contributed by atoms with Gasteiger partial charge >= 0.3 is 0 Å². The minimum Gasteiger partial charge on any atom is -0.392 e. The maximum atomic E-state index is 12.9. The topological polar surface area (TPSA) is 87.7 Å². The van der Waals surface area contributed by atoms with Crippen molar-refractivity contribution < 1.29 is 19.4 Å². The molecule has 3 N–H and O–H groups in total. The fourth-order valence-corrected chi connectivity index (χ4v) is 6.11. The smallest absolute Gasteiger partial charge is 0.223 e. The van der Waals surface area contributed by atoms with Crippen molar-refractivity contribution in [2.45, 2.75) is 71.6 Å². The predicted molar refractivity (Wildman–Crippen MR) is 125 cm³/mol. The van der Waals surface area contributed by atoms with Crippen LogP contribution in [0.15, 0.2) is 30.3 Å². The lowest BCUT2D eigenvalue weighted by atomic mass is 9.51. The van der Waals surface area contributed by atoms with Crippen molar-refractivity contribution >= 4 is 11.8 Å². The van der Waals surface area contributed by atoms with Crippen molar-refractivity contribution in [2.75, 3.05) is 13.7 Å². The number of methoxy groups -OCH3 is 1. The van der Waals surface area contributed by atoms with Crippen LogP contribution in [-0.4, -0.2) is 42.8 Å². The highest BCUT2D eigenvalue weighted by Crippen LogP contribution is 2.55. The van der Waals surface area contributed by atoms with E-state index in [1.54, 1.807) is 7.11 Å². The highest BCUT2D eigenvalue weighted by molar-refractivity contribution is 5.78. The number of rotatable bonds is 8. The zero-order chi connectivity index (χ0) is 23.3. The van der Waals surface area contributed by atoms with Gasteiger partial charge in [0.1, 0.15) is 0 Å². The van der Waals surface area contributed by atoms with Gasteiger partial charge in [-0.3, -0.25) is 9.59 Å². The molecule has 2 amide bonds. The number of carbonyl (C=O) groups is 2. The maximum Gasteiger partial charge on any atom is 0.223 e. The Morgan fingerprint density at radius 3 is 2.59 bits per heavy atom. The second-order valence-corrected chi connectivity index (χ2v) is 10.2. The monoisotopic (exact) mass is 444 g/mol. The fraction of sp³-hybridized carbons (Fsp3) is 0.692. The summed E-state index contributed by atoms with van der Waals surface area (Å²) in [4.78, 5) is 25.2. The van der Waals surface area contributed by atoms with Gasteiger partial charge in [0.25, 0.3) is 0 Å². The Labute approximate surface area is 192 Å². The van der Waals surface area contributed by atoms with Crippen LogP contribution >= 0.6 is 0 Å². The molecule has 2 aliphatic rings. The normalized spacial score (nSPS) is 33.1. The van der Waals surface area contributed by atoms with Gasteiger partial charge in [-0.2, -0.15) is 0 Å². The zero-order valence-corrected chi connectivity index (χ0v) is 20.0. The number of aliphatic hydroxyl groups excluding tert-OH is 1. The first-order valence-electron chi connectivity index (χ1n) is 12.0. The first-order valence-corrected chi connectivity index (χ1v) is 12.0. The van der Waals surface area contributed by atoms with Crippen LogP contribution in [0.25, 0.3) is 0 Å². The molecule has 0 saturated heterocycles. The van der Waals surface area contributed by atoms with Gasteiger partial charge in [0.05, 0.1) is 12.7 Å². The van der Waals surface area contributed by atoms with Gasteiger partial charge < -0.3 is 20.5 Å². The van der Waals surface area contributed by atoms with Crippen molar-refractivity contribution in [3.8, 4) is 0 Å². The number of fused-ring (bicyclic) bond motifs is 1. The second-order valence-electron chi connectivity index (χ2n) is 10.2. The molecule has 0 bridgehead atoms. The van der Waals surface area contributed by atoms with E-state index in [9.17, 15) is 14.7 Å². The fourth-order valence-electron chi connectivity index (χ4n) is 6.11. The van der Waals surface area contributed by atoms with Crippen LogP contribution in [0.4, 0.5) is 0 Å². The summed E-state index contributed by atoms with van der Waals surface area (Å²) in [5.41, 5.74) is 1.11. The van der Waals surface area contributed by atoms with Crippen LogP contribution in [0.3, 0.4) is 0 Å². The molecular weight excluding hydrogens is 404 g/mol. The molecule has 0 aromatic heterocycles. The third-order valence-electron chi connectivity index (χ3n) is 8.13. The van der Waals surface area contributed by atoms with Crippen LogP contribution in [-0.2, 0) is 20.9 Å². The van der Waals surface area contributed by atoms with E-state index in [4.69, 9.17) is 4.74 Å². The number of aliphatic hydroxyl groups is 1. The summed E-state index contributed by atoms with van der Waals surface area (Å²) in [6.07, 6.45) is 3.56. The second kappa shape index (κ2) is 10.8. The molecular formula is C26H40N2O4. The average molecular weight is 445 g/mol. The van der Waals surface area contributed by atoms with Crippen LogP contribution in [0.1, 0.15) is 58.4 Å². The third-order valence-corrected chi connectivity index (χ3v) is 8.13. The number of nitrogens with one attached hydrogen (secondary N) is 2. The Morgan fingerprint density at radius 2 is 1.91 bits per heavy atom. The van der Waals surface area contributed by atoms with E-state index in [0.29, 0.717) is 19.6 Å². The molecule has 1 aromatic carbocycles. The summed E-state index contributed by atoms with van der Waals surface area (Å²) in [7, 11) is 1.59. The molecule has 6 heteroatoms. The third kappa shape index (κ3) is 5.52. The van der Waals surface area contributed by atoms with E-state index in [1.807, 2.05) is 37.3 Å². The lowest BCUT2D eigenvalue weighted by Crippen LogP contribution is -2.58. The molecule has 32 heavy (non-hydrogen) atoms. The van der Waals surface area contributed by atoms with E-state index < -0.39 is 6.10 Å². The highest BCUT2D eigenvalue weighted by Gasteiger charge is 2.53. The number of hydrogen-bond donors (Lipinski definition) is 3. The van der Waals surface area contributed by atoms with Gasteiger partial charge in [-0.1, -0.05) is 51.1 Å².